The van der Waals surface area contributed by atoms with E-state index in [4.69, 9.17) is 53.2 Å². The van der Waals surface area contributed by atoms with Gasteiger partial charge in [0.05, 0.1) is 16.3 Å². The second kappa shape index (κ2) is 10.6. The first-order chi connectivity index (χ1) is 16.7. The van der Waals surface area contributed by atoms with Gasteiger partial charge in [-0.3, -0.25) is 4.79 Å². The van der Waals surface area contributed by atoms with Crippen LogP contribution in [0.3, 0.4) is 0 Å². The average Bonchev–Trinajstić information content (AvgIpc) is 3.43. The molecule has 0 saturated heterocycles. The van der Waals surface area contributed by atoms with Gasteiger partial charge in [-0.25, -0.2) is 9.59 Å². The van der Waals surface area contributed by atoms with Crippen LogP contribution in [0.2, 0.25) is 5.02 Å². The number of carbonyl (C=O) groups is 2. The Morgan fingerprint density at radius 2 is 1.97 bits per heavy atom. The van der Waals surface area contributed by atoms with Crippen LogP contribution in [0.4, 0.5) is 5.69 Å². The molecule has 0 saturated carbocycles. The zero-order valence-corrected chi connectivity index (χ0v) is 20.3. The molecule has 1 N–H and O–H groups in total. The van der Waals surface area contributed by atoms with Crippen molar-refractivity contribution in [2.45, 2.75) is 30.9 Å². The van der Waals surface area contributed by atoms with E-state index in [-0.39, 0.29) is 28.7 Å². The maximum absolute atomic E-state index is 12.8. The highest BCUT2D eigenvalue weighted by molar-refractivity contribution is 6.54. The lowest BCUT2D eigenvalue weighted by Crippen LogP contribution is -2.18. The van der Waals surface area contributed by atoms with Crippen molar-refractivity contribution in [3.05, 3.63) is 86.3 Å². The van der Waals surface area contributed by atoms with E-state index in [1.807, 2.05) is 0 Å². The fourth-order valence-corrected chi connectivity index (χ4v) is 3.81. The minimum Gasteiger partial charge on any atom is -0.454 e. The molecular formula is C23H17Cl3N2O7. The van der Waals surface area contributed by atoms with Crippen LogP contribution in [-0.2, 0) is 21.0 Å². The standard InChI is InChI=1S/C23H17Cl3N2O7/c1-11-18(34-23(31)33-11)10-32-22(30)14-6-3-7-15(24)19(14)16-9-17(35-28-16)12-4-2-5-13(8-12)27-21(29)20(25)26/h2-8,17,20H,9-10H2,1H3,(H,27,29). The van der Waals surface area contributed by atoms with Gasteiger partial charge >= 0.3 is 11.8 Å². The molecule has 1 aromatic heterocycles. The zero-order chi connectivity index (χ0) is 25.1. The summed E-state index contributed by atoms with van der Waals surface area (Å²) in [4.78, 5) is 40.2. The SMILES string of the molecule is Cc1oc(=O)oc1COC(=O)c1cccc(Cl)c1C1=NOC(c2cccc(NC(=O)C(Cl)Cl)c2)C1. The number of rotatable bonds is 7. The van der Waals surface area contributed by atoms with Gasteiger partial charge in [0.2, 0.25) is 0 Å². The van der Waals surface area contributed by atoms with Gasteiger partial charge in [-0.05, 0) is 36.8 Å². The number of hydrogen-bond donors (Lipinski definition) is 1. The fraction of sp³-hybridized carbons (Fsp3) is 0.217. The summed E-state index contributed by atoms with van der Waals surface area (Å²) in [6.07, 6.45) is -0.197. The van der Waals surface area contributed by atoms with Crippen molar-refractivity contribution < 1.29 is 28.0 Å². The van der Waals surface area contributed by atoms with Crippen molar-refractivity contribution in [2.24, 2.45) is 5.16 Å². The summed E-state index contributed by atoms with van der Waals surface area (Å²) in [5, 5.41) is 7.03. The van der Waals surface area contributed by atoms with Crippen molar-refractivity contribution in [1.82, 2.24) is 0 Å². The van der Waals surface area contributed by atoms with Crippen LogP contribution in [0.5, 0.6) is 0 Å². The molecule has 0 radical (unpaired) electrons. The number of esters is 1. The Balaban J connectivity index is 1.51. The Labute approximate surface area is 213 Å². The van der Waals surface area contributed by atoms with Crippen molar-refractivity contribution >= 4 is 58.1 Å². The predicted molar refractivity (Wildman–Crippen MR) is 128 cm³/mol. The van der Waals surface area contributed by atoms with Crippen LogP contribution in [0.15, 0.2) is 61.2 Å². The van der Waals surface area contributed by atoms with Gasteiger partial charge in [0.15, 0.2) is 29.1 Å². The largest absolute Gasteiger partial charge is 0.519 e. The summed E-state index contributed by atoms with van der Waals surface area (Å²) in [7, 11) is 0. The topological polar surface area (TPSA) is 120 Å². The number of amides is 1. The van der Waals surface area contributed by atoms with Gasteiger partial charge in [-0.2, -0.15) is 0 Å². The van der Waals surface area contributed by atoms with E-state index < -0.39 is 28.6 Å². The number of oxime groups is 1. The van der Waals surface area contributed by atoms with E-state index in [9.17, 15) is 14.4 Å². The summed E-state index contributed by atoms with van der Waals surface area (Å²) in [5.74, 6) is -1.81. The normalized spacial score (nSPS) is 15.0. The third kappa shape index (κ3) is 5.70. The van der Waals surface area contributed by atoms with Gasteiger partial charge in [0.1, 0.15) is 0 Å². The van der Waals surface area contributed by atoms with Crippen LogP contribution in [-0.4, -0.2) is 22.4 Å². The molecule has 9 nitrogen and oxygen atoms in total. The number of nitrogens with one attached hydrogen (secondary N) is 1. The van der Waals surface area contributed by atoms with E-state index in [0.29, 0.717) is 23.4 Å². The van der Waals surface area contributed by atoms with Crippen molar-refractivity contribution in [1.29, 1.82) is 0 Å². The number of ether oxygens (including phenoxy) is 1. The molecule has 0 spiro atoms. The molecule has 35 heavy (non-hydrogen) atoms. The quantitative estimate of drug-likeness (QED) is 0.325. The summed E-state index contributed by atoms with van der Waals surface area (Å²) < 4.78 is 14.9. The van der Waals surface area contributed by atoms with Crippen LogP contribution < -0.4 is 11.1 Å². The lowest BCUT2D eigenvalue weighted by atomic mass is 9.96. The predicted octanol–water partition coefficient (Wildman–Crippen LogP) is 5.16. The highest BCUT2D eigenvalue weighted by Gasteiger charge is 2.29. The first-order valence-electron chi connectivity index (χ1n) is 10.2. The van der Waals surface area contributed by atoms with E-state index in [0.717, 1.165) is 5.56 Å². The maximum Gasteiger partial charge on any atom is 0.519 e. The molecule has 182 valence electrons. The van der Waals surface area contributed by atoms with Crippen molar-refractivity contribution in [3.8, 4) is 0 Å². The summed E-state index contributed by atoms with van der Waals surface area (Å²) in [6.45, 7) is 1.23. The molecule has 1 aliphatic heterocycles. The van der Waals surface area contributed by atoms with E-state index in [1.54, 1.807) is 42.5 Å². The van der Waals surface area contributed by atoms with Crippen LogP contribution >= 0.6 is 34.8 Å². The second-order valence-corrected chi connectivity index (χ2v) is 8.93. The third-order valence-corrected chi connectivity index (χ3v) is 5.80. The van der Waals surface area contributed by atoms with Gasteiger partial charge in [-0.1, -0.05) is 58.2 Å². The van der Waals surface area contributed by atoms with Crippen LogP contribution in [0.1, 0.15) is 45.5 Å². The maximum atomic E-state index is 12.8. The monoisotopic (exact) mass is 538 g/mol. The molecule has 12 heteroatoms. The van der Waals surface area contributed by atoms with Crippen LogP contribution in [0, 0.1) is 6.92 Å². The molecule has 4 rings (SSSR count). The highest BCUT2D eigenvalue weighted by Crippen LogP contribution is 2.34. The van der Waals surface area contributed by atoms with Gasteiger partial charge in [0, 0.05) is 17.7 Å². The lowest BCUT2D eigenvalue weighted by Gasteiger charge is -2.12. The molecule has 2 aromatic carbocycles. The Morgan fingerprint density at radius 3 is 2.69 bits per heavy atom. The number of halogens is 3. The molecule has 1 aliphatic rings. The Hall–Kier alpha value is -3.27. The number of carbonyl (C=O) groups excluding carboxylic acids is 2. The number of nitrogens with zero attached hydrogens (tertiary/aromatic N) is 1. The van der Waals surface area contributed by atoms with Crippen molar-refractivity contribution in [3.63, 3.8) is 0 Å². The molecule has 1 atom stereocenters. The van der Waals surface area contributed by atoms with E-state index in [2.05, 4.69) is 10.5 Å². The van der Waals surface area contributed by atoms with Crippen molar-refractivity contribution in [2.75, 3.05) is 5.32 Å². The first-order valence-corrected chi connectivity index (χ1v) is 11.4. The molecule has 3 aromatic rings. The first kappa shape index (κ1) is 24.8. The fourth-order valence-electron chi connectivity index (χ4n) is 3.42. The minimum absolute atomic E-state index is 0.107. The van der Waals surface area contributed by atoms with Crippen LogP contribution in [0.25, 0.3) is 0 Å². The number of benzene rings is 2. The summed E-state index contributed by atoms with van der Waals surface area (Å²) >= 11 is 17.6. The molecule has 0 fully saturated rings. The summed E-state index contributed by atoms with van der Waals surface area (Å²) in [6, 6.07) is 11.7. The Bertz CT molecular complexity index is 1360. The Morgan fingerprint density at radius 1 is 1.20 bits per heavy atom. The lowest BCUT2D eigenvalue weighted by molar-refractivity contribution is -0.114. The number of alkyl halides is 2. The second-order valence-electron chi connectivity index (χ2n) is 7.42. The average molecular weight is 540 g/mol. The van der Waals surface area contributed by atoms with Gasteiger partial charge in [0.25, 0.3) is 5.91 Å². The third-order valence-electron chi connectivity index (χ3n) is 5.09. The zero-order valence-electron chi connectivity index (χ0n) is 18.0. The molecule has 0 bridgehead atoms. The highest BCUT2D eigenvalue weighted by atomic mass is 35.5. The number of hydrogen-bond acceptors (Lipinski definition) is 8. The molecule has 0 aliphatic carbocycles. The minimum atomic E-state index is -1.21. The van der Waals surface area contributed by atoms with Gasteiger partial charge < -0.3 is 23.7 Å². The summed E-state index contributed by atoms with van der Waals surface area (Å²) in [5.41, 5.74) is 2.18. The molecule has 1 unspecified atom stereocenters. The molecule has 2 heterocycles. The number of anilines is 1. The Kier molecular flexibility index (Phi) is 7.49. The smallest absolute Gasteiger partial charge is 0.454 e. The van der Waals surface area contributed by atoms with Gasteiger partial charge in [-0.15, -0.1) is 0 Å². The van der Waals surface area contributed by atoms with E-state index in [1.165, 1.54) is 6.92 Å². The molecule has 1 amide bonds. The molecular weight excluding hydrogens is 523 g/mol. The number of aryl methyl sites for hydroxylation is 1. The van der Waals surface area contributed by atoms with E-state index >= 15 is 0 Å².